The van der Waals surface area contributed by atoms with Crippen LogP contribution >= 0.6 is 27.7 Å². The lowest BCUT2D eigenvalue weighted by molar-refractivity contribution is -0.113. The molecule has 3 rings (SSSR count). The molecule has 0 saturated carbocycles. The molecule has 30 heavy (non-hydrogen) atoms. The fraction of sp³-hybridized carbons (Fsp3) is 0.318. The molecule has 0 radical (unpaired) electrons. The van der Waals surface area contributed by atoms with Crippen molar-refractivity contribution in [3.05, 3.63) is 63.9 Å². The number of amides is 1. The molecule has 0 saturated heterocycles. The van der Waals surface area contributed by atoms with E-state index in [-0.39, 0.29) is 11.7 Å². The number of rotatable bonds is 8. The average molecular weight is 489 g/mol. The van der Waals surface area contributed by atoms with Crippen molar-refractivity contribution in [2.24, 2.45) is 7.05 Å². The Kier molecular flexibility index (Phi) is 7.55. The second-order valence-corrected chi connectivity index (χ2v) is 9.14. The molecule has 0 unspecified atom stereocenters. The van der Waals surface area contributed by atoms with E-state index in [1.807, 2.05) is 61.0 Å². The molecule has 8 heteroatoms. The van der Waals surface area contributed by atoms with Crippen LogP contribution in [0.3, 0.4) is 0 Å². The first-order valence-corrected chi connectivity index (χ1v) is 11.4. The predicted octanol–water partition coefficient (Wildman–Crippen LogP) is 5.32. The standard InChI is InChI=1S/C22H25BrN4O2S/c1-14(2)18-11-16(23)8-9-19(18)24-21(28)13-30-22-26-25-20(27(22)4)12-29-17-7-5-6-15(3)10-17/h5-11,14H,12-13H2,1-4H3,(H,24,28). The summed E-state index contributed by atoms with van der Waals surface area (Å²) >= 11 is 4.84. The molecule has 1 amide bonds. The molecular formula is C22H25BrN4O2S. The minimum Gasteiger partial charge on any atom is -0.486 e. The second kappa shape index (κ2) is 10.1. The van der Waals surface area contributed by atoms with Crippen molar-refractivity contribution in [2.45, 2.75) is 38.5 Å². The first-order chi connectivity index (χ1) is 14.3. The Morgan fingerprint density at radius 1 is 1.23 bits per heavy atom. The molecule has 1 aromatic heterocycles. The van der Waals surface area contributed by atoms with Gasteiger partial charge in [0.2, 0.25) is 5.91 Å². The highest BCUT2D eigenvalue weighted by molar-refractivity contribution is 9.10. The normalized spacial score (nSPS) is 11.0. The third-order valence-electron chi connectivity index (χ3n) is 4.52. The highest BCUT2D eigenvalue weighted by Crippen LogP contribution is 2.28. The Balaban J connectivity index is 1.57. The Morgan fingerprint density at radius 2 is 2.03 bits per heavy atom. The monoisotopic (exact) mass is 488 g/mol. The summed E-state index contributed by atoms with van der Waals surface area (Å²) in [5.74, 6) is 1.97. The van der Waals surface area contributed by atoms with Gasteiger partial charge in [-0.15, -0.1) is 10.2 Å². The van der Waals surface area contributed by atoms with Gasteiger partial charge in [-0.25, -0.2) is 0 Å². The van der Waals surface area contributed by atoms with Crippen LogP contribution < -0.4 is 10.1 Å². The Hall–Kier alpha value is -2.32. The number of halogens is 1. The number of nitrogens with one attached hydrogen (secondary N) is 1. The van der Waals surface area contributed by atoms with E-state index >= 15 is 0 Å². The van der Waals surface area contributed by atoms with Gasteiger partial charge in [-0.3, -0.25) is 4.79 Å². The maximum absolute atomic E-state index is 12.5. The van der Waals surface area contributed by atoms with Gasteiger partial charge in [-0.1, -0.05) is 53.7 Å². The van der Waals surface area contributed by atoms with Crippen molar-refractivity contribution >= 4 is 39.3 Å². The molecule has 158 valence electrons. The van der Waals surface area contributed by atoms with Crippen molar-refractivity contribution in [1.29, 1.82) is 0 Å². The second-order valence-electron chi connectivity index (χ2n) is 7.29. The van der Waals surface area contributed by atoms with Crippen molar-refractivity contribution in [3.8, 4) is 5.75 Å². The Labute approximate surface area is 189 Å². The molecule has 0 aliphatic heterocycles. The van der Waals surface area contributed by atoms with E-state index in [2.05, 4.69) is 45.3 Å². The van der Waals surface area contributed by atoms with Gasteiger partial charge in [0.15, 0.2) is 11.0 Å². The first kappa shape index (κ1) is 22.4. The zero-order valence-corrected chi connectivity index (χ0v) is 19.9. The minimum absolute atomic E-state index is 0.0789. The summed E-state index contributed by atoms with van der Waals surface area (Å²) in [5, 5.41) is 12.1. The van der Waals surface area contributed by atoms with Crippen LogP contribution in [0.5, 0.6) is 5.75 Å². The molecule has 0 aliphatic rings. The van der Waals surface area contributed by atoms with E-state index in [1.54, 1.807) is 0 Å². The van der Waals surface area contributed by atoms with E-state index in [0.717, 1.165) is 27.0 Å². The molecule has 0 aliphatic carbocycles. The van der Waals surface area contributed by atoms with E-state index in [1.165, 1.54) is 11.8 Å². The number of nitrogens with zero attached hydrogens (tertiary/aromatic N) is 3. The van der Waals surface area contributed by atoms with Gasteiger partial charge < -0.3 is 14.6 Å². The van der Waals surface area contributed by atoms with E-state index in [0.29, 0.717) is 23.5 Å². The number of aromatic nitrogens is 3. The summed E-state index contributed by atoms with van der Waals surface area (Å²) in [6, 6.07) is 13.8. The number of carbonyl (C=O) groups excluding carboxylic acids is 1. The number of carbonyl (C=O) groups is 1. The van der Waals surface area contributed by atoms with Crippen LogP contribution in [0, 0.1) is 6.92 Å². The van der Waals surface area contributed by atoms with Gasteiger partial charge in [0.1, 0.15) is 12.4 Å². The fourth-order valence-corrected chi connectivity index (χ4v) is 4.00. The summed E-state index contributed by atoms with van der Waals surface area (Å²) in [6.45, 7) is 6.54. The van der Waals surface area contributed by atoms with Crippen LogP contribution in [-0.4, -0.2) is 26.4 Å². The number of aryl methyl sites for hydroxylation is 1. The van der Waals surface area contributed by atoms with Gasteiger partial charge in [0, 0.05) is 17.2 Å². The van der Waals surface area contributed by atoms with Crippen molar-refractivity contribution < 1.29 is 9.53 Å². The zero-order valence-electron chi connectivity index (χ0n) is 17.5. The number of benzene rings is 2. The van der Waals surface area contributed by atoms with Crippen LogP contribution in [-0.2, 0) is 18.4 Å². The highest BCUT2D eigenvalue weighted by atomic mass is 79.9. The number of hydrogen-bond acceptors (Lipinski definition) is 5. The molecule has 6 nitrogen and oxygen atoms in total. The molecule has 0 spiro atoms. The maximum atomic E-state index is 12.5. The topological polar surface area (TPSA) is 69.0 Å². The van der Waals surface area contributed by atoms with E-state index in [9.17, 15) is 4.79 Å². The molecule has 0 atom stereocenters. The van der Waals surface area contributed by atoms with Crippen molar-refractivity contribution in [3.63, 3.8) is 0 Å². The molecule has 3 aromatic rings. The van der Waals surface area contributed by atoms with Crippen molar-refractivity contribution in [1.82, 2.24) is 14.8 Å². The summed E-state index contributed by atoms with van der Waals surface area (Å²) in [7, 11) is 1.88. The van der Waals surface area contributed by atoms with Crippen LogP contribution in [0.25, 0.3) is 0 Å². The first-order valence-electron chi connectivity index (χ1n) is 9.63. The summed E-state index contributed by atoms with van der Waals surface area (Å²) < 4.78 is 8.65. The van der Waals surface area contributed by atoms with E-state index < -0.39 is 0 Å². The SMILES string of the molecule is Cc1cccc(OCc2nnc(SCC(=O)Nc3ccc(Br)cc3C(C)C)n2C)c1. The minimum atomic E-state index is -0.0789. The van der Waals surface area contributed by atoms with Crippen LogP contribution in [0.1, 0.15) is 36.7 Å². The molecule has 1 heterocycles. The Morgan fingerprint density at radius 3 is 2.77 bits per heavy atom. The summed E-state index contributed by atoms with van der Waals surface area (Å²) in [6.07, 6.45) is 0. The lowest BCUT2D eigenvalue weighted by Gasteiger charge is -2.14. The lowest BCUT2D eigenvalue weighted by atomic mass is 10.0. The van der Waals surface area contributed by atoms with Crippen molar-refractivity contribution in [2.75, 3.05) is 11.1 Å². The predicted molar refractivity (Wildman–Crippen MR) is 124 cm³/mol. The number of ether oxygens (including phenoxy) is 1. The number of thioether (sulfide) groups is 1. The quantitative estimate of drug-likeness (QED) is 0.434. The smallest absolute Gasteiger partial charge is 0.234 e. The molecule has 0 fully saturated rings. The molecule has 1 N–H and O–H groups in total. The van der Waals surface area contributed by atoms with Crippen LogP contribution in [0.2, 0.25) is 0 Å². The highest BCUT2D eigenvalue weighted by Gasteiger charge is 2.14. The lowest BCUT2D eigenvalue weighted by Crippen LogP contribution is -2.16. The maximum Gasteiger partial charge on any atom is 0.234 e. The third kappa shape index (κ3) is 5.86. The fourth-order valence-electron chi connectivity index (χ4n) is 2.89. The average Bonchev–Trinajstić information content (AvgIpc) is 3.05. The third-order valence-corrected chi connectivity index (χ3v) is 6.04. The number of anilines is 1. The van der Waals surface area contributed by atoms with Gasteiger partial charge in [-0.05, 0) is 54.3 Å². The largest absolute Gasteiger partial charge is 0.486 e. The van der Waals surface area contributed by atoms with Gasteiger partial charge in [-0.2, -0.15) is 0 Å². The summed E-state index contributed by atoms with van der Waals surface area (Å²) in [4.78, 5) is 12.5. The zero-order chi connectivity index (χ0) is 21.7. The van der Waals surface area contributed by atoms with Gasteiger partial charge in [0.05, 0.1) is 5.75 Å². The van der Waals surface area contributed by atoms with Crippen LogP contribution in [0.4, 0.5) is 5.69 Å². The van der Waals surface area contributed by atoms with Gasteiger partial charge >= 0.3 is 0 Å². The summed E-state index contributed by atoms with van der Waals surface area (Å²) in [5.41, 5.74) is 3.07. The van der Waals surface area contributed by atoms with E-state index in [4.69, 9.17) is 4.74 Å². The van der Waals surface area contributed by atoms with Gasteiger partial charge in [0.25, 0.3) is 0 Å². The molecular weight excluding hydrogens is 464 g/mol. The molecule has 0 bridgehead atoms. The number of hydrogen-bond donors (Lipinski definition) is 1. The van der Waals surface area contributed by atoms with Crippen LogP contribution in [0.15, 0.2) is 52.1 Å². The molecule has 2 aromatic carbocycles. The Bertz CT molecular complexity index is 1040.